The van der Waals surface area contributed by atoms with Gasteiger partial charge in [-0.1, -0.05) is 6.07 Å². The molecular weight excluding hydrogens is 258 g/mol. The SMILES string of the molecule is N#Cc1cccc(NC(=O)N2CCC(C(=O)O)CC2)c1. The number of piperidine rings is 1. The molecule has 2 N–H and O–H groups in total. The van der Waals surface area contributed by atoms with E-state index in [0.29, 0.717) is 37.2 Å². The Morgan fingerprint density at radius 3 is 2.65 bits per heavy atom. The van der Waals surface area contributed by atoms with Crippen LogP contribution in [0.15, 0.2) is 24.3 Å². The summed E-state index contributed by atoms with van der Waals surface area (Å²) >= 11 is 0. The Morgan fingerprint density at radius 2 is 2.05 bits per heavy atom. The zero-order chi connectivity index (χ0) is 14.5. The summed E-state index contributed by atoms with van der Waals surface area (Å²) in [4.78, 5) is 24.5. The molecule has 1 aliphatic rings. The highest BCUT2D eigenvalue weighted by atomic mass is 16.4. The lowest BCUT2D eigenvalue weighted by Crippen LogP contribution is -2.42. The van der Waals surface area contributed by atoms with Crippen LogP contribution in [0, 0.1) is 17.2 Å². The summed E-state index contributed by atoms with van der Waals surface area (Å²) in [5.74, 6) is -1.16. The van der Waals surface area contributed by atoms with E-state index in [0.717, 1.165) is 0 Å². The maximum Gasteiger partial charge on any atom is 0.321 e. The molecule has 1 aromatic carbocycles. The second kappa shape index (κ2) is 6.06. The number of urea groups is 1. The van der Waals surface area contributed by atoms with Gasteiger partial charge in [-0.15, -0.1) is 0 Å². The minimum Gasteiger partial charge on any atom is -0.481 e. The molecule has 0 aliphatic carbocycles. The number of nitriles is 1. The number of nitrogens with one attached hydrogen (secondary N) is 1. The molecule has 6 nitrogen and oxygen atoms in total. The number of nitrogens with zero attached hydrogens (tertiary/aromatic N) is 2. The monoisotopic (exact) mass is 273 g/mol. The largest absolute Gasteiger partial charge is 0.481 e. The van der Waals surface area contributed by atoms with Crippen molar-refractivity contribution in [1.29, 1.82) is 5.26 Å². The zero-order valence-corrected chi connectivity index (χ0v) is 10.9. The van der Waals surface area contributed by atoms with Crippen LogP contribution >= 0.6 is 0 Å². The molecule has 1 saturated heterocycles. The molecule has 104 valence electrons. The van der Waals surface area contributed by atoms with Crippen LogP contribution in [0.25, 0.3) is 0 Å². The van der Waals surface area contributed by atoms with E-state index in [1.807, 2.05) is 6.07 Å². The molecule has 2 rings (SSSR count). The van der Waals surface area contributed by atoms with Gasteiger partial charge in [-0.2, -0.15) is 5.26 Å². The van der Waals surface area contributed by atoms with Gasteiger partial charge in [0.05, 0.1) is 17.6 Å². The van der Waals surface area contributed by atoms with E-state index in [-0.39, 0.29) is 11.9 Å². The Hall–Kier alpha value is -2.55. The highest BCUT2D eigenvalue weighted by molar-refractivity contribution is 5.89. The molecule has 1 aliphatic heterocycles. The standard InChI is InChI=1S/C14H15N3O3/c15-9-10-2-1-3-12(8-10)16-14(20)17-6-4-11(5-7-17)13(18)19/h1-3,8,11H,4-7H2,(H,16,20)(H,18,19). The number of aliphatic carboxylic acids is 1. The van der Waals surface area contributed by atoms with E-state index in [1.54, 1.807) is 29.2 Å². The van der Waals surface area contributed by atoms with Crippen LogP contribution in [-0.4, -0.2) is 35.1 Å². The molecule has 20 heavy (non-hydrogen) atoms. The zero-order valence-electron chi connectivity index (χ0n) is 10.9. The van der Waals surface area contributed by atoms with Crippen LogP contribution in [0.4, 0.5) is 10.5 Å². The van der Waals surface area contributed by atoms with Crippen LogP contribution in [0.2, 0.25) is 0 Å². The first kappa shape index (κ1) is 13.9. The summed E-state index contributed by atoms with van der Waals surface area (Å²) in [5, 5.41) is 20.4. The van der Waals surface area contributed by atoms with E-state index in [2.05, 4.69) is 5.32 Å². The Kier molecular flexibility index (Phi) is 4.20. The Balaban J connectivity index is 1.93. The van der Waals surface area contributed by atoms with Gasteiger partial charge < -0.3 is 15.3 Å². The van der Waals surface area contributed by atoms with Crippen molar-refractivity contribution in [3.8, 4) is 6.07 Å². The van der Waals surface area contributed by atoms with Crippen LogP contribution < -0.4 is 5.32 Å². The number of hydrogen-bond donors (Lipinski definition) is 2. The molecule has 0 atom stereocenters. The highest BCUT2D eigenvalue weighted by Gasteiger charge is 2.26. The number of likely N-dealkylation sites (tertiary alicyclic amines) is 1. The molecule has 6 heteroatoms. The number of carboxylic acids is 1. The lowest BCUT2D eigenvalue weighted by Gasteiger charge is -2.30. The average Bonchev–Trinajstić information content (AvgIpc) is 2.47. The van der Waals surface area contributed by atoms with Gasteiger partial charge in [0.1, 0.15) is 0 Å². The topological polar surface area (TPSA) is 93.4 Å². The summed E-state index contributed by atoms with van der Waals surface area (Å²) in [6.07, 6.45) is 0.946. The fourth-order valence-corrected chi connectivity index (χ4v) is 2.20. The van der Waals surface area contributed by atoms with Crippen molar-refractivity contribution in [2.75, 3.05) is 18.4 Å². The maximum atomic E-state index is 12.0. The van der Waals surface area contributed by atoms with Gasteiger partial charge in [-0.05, 0) is 31.0 Å². The third kappa shape index (κ3) is 3.26. The van der Waals surface area contributed by atoms with Crippen molar-refractivity contribution in [3.05, 3.63) is 29.8 Å². The van der Waals surface area contributed by atoms with E-state index in [4.69, 9.17) is 10.4 Å². The summed E-state index contributed by atoms with van der Waals surface area (Å²) in [6, 6.07) is 8.42. The number of carbonyl (C=O) groups is 2. The Morgan fingerprint density at radius 1 is 1.35 bits per heavy atom. The van der Waals surface area contributed by atoms with Crippen LogP contribution in [0.5, 0.6) is 0 Å². The van der Waals surface area contributed by atoms with Crippen LogP contribution in [0.3, 0.4) is 0 Å². The number of amides is 2. The fraction of sp³-hybridized carbons (Fsp3) is 0.357. The molecule has 0 aromatic heterocycles. The maximum absolute atomic E-state index is 12.0. The van der Waals surface area contributed by atoms with Crippen LogP contribution in [-0.2, 0) is 4.79 Å². The third-order valence-corrected chi connectivity index (χ3v) is 3.37. The summed E-state index contributed by atoms with van der Waals surface area (Å²) in [7, 11) is 0. The molecule has 2 amide bonds. The van der Waals surface area contributed by atoms with Gasteiger partial charge >= 0.3 is 12.0 Å². The van der Waals surface area contributed by atoms with Crippen molar-refractivity contribution in [3.63, 3.8) is 0 Å². The van der Waals surface area contributed by atoms with Gasteiger partial charge in [0.15, 0.2) is 0 Å². The lowest BCUT2D eigenvalue weighted by atomic mass is 9.97. The molecule has 1 heterocycles. The van der Waals surface area contributed by atoms with Crippen molar-refractivity contribution in [2.24, 2.45) is 5.92 Å². The second-order valence-corrected chi connectivity index (χ2v) is 4.72. The van der Waals surface area contributed by atoms with E-state index in [1.165, 1.54) is 0 Å². The first-order valence-corrected chi connectivity index (χ1v) is 6.39. The minimum absolute atomic E-state index is 0.260. The van der Waals surface area contributed by atoms with Gasteiger partial charge in [-0.25, -0.2) is 4.79 Å². The van der Waals surface area contributed by atoms with E-state index >= 15 is 0 Å². The van der Waals surface area contributed by atoms with Crippen molar-refractivity contribution in [2.45, 2.75) is 12.8 Å². The predicted molar refractivity (Wildman–Crippen MR) is 72.1 cm³/mol. The number of benzene rings is 1. The van der Waals surface area contributed by atoms with Gasteiger partial charge in [0, 0.05) is 18.8 Å². The first-order chi connectivity index (χ1) is 9.60. The van der Waals surface area contributed by atoms with E-state index in [9.17, 15) is 9.59 Å². The summed E-state index contributed by atoms with van der Waals surface area (Å²) in [6.45, 7) is 0.863. The second-order valence-electron chi connectivity index (χ2n) is 4.72. The summed E-state index contributed by atoms with van der Waals surface area (Å²) < 4.78 is 0. The smallest absolute Gasteiger partial charge is 0.321 e. The number of anilines is 1. The number of carbonyl (C=O) groups excluding carboxylic acids is 1. The molecule has 1 fully saturated rings. The minimum atomic E-state index is -0.799. The third-order valence-electron chi connectivity index (χ3n) is 3.37. The average molecular weight is 273 g/mol. The van der Waals surface area contributed by atoms with Gasteiger partial charge in [-0.3, -0.25) is 4.79 Å². The van der Waals surface area contributed by atoms with Crippen molar-refractivity contribution in [1.82, 2.24) is 4.90 Å². The molecular formula is C14H15N3O3. The fourth-order valence-electron chi connectivity index (χ4n) is 2.20. The van der Waals surface area contributed by atoms with Crippen LogP contribution in [0.1, 0.15) is 18.4 Å². The lowest BCUT2D eigenvalue weighted by molar-refractivity contribution is -0.143. The molecule has 0 saturated carbocycles. The molecule has 0 bridgehead atoms. The number of hydrogen-bond acceptors (Lipinski definition) is 3. The Bertz CT molecular complexity index is 557. The molecule has 0 spiro atoms. The van der Waals surface area contributed by atoms with Crippen molar-refractivity contribution < 1.29 is 14.7 Å². The normalized spacial score (nSPS) is 15.4. The Labute approximate surface area is 116 Å². The predicted octanol–water partition coefficient (Wildman–Crippen LogP) is 1.89. The molecule has 0 unspecified atom stereocenters. The highest BCUT2D eigenvalue weighted by Crippen LogP contribution is 2.18. The first-order valence-electron chi connectivity index (χ1n) is 6.39. The summed E-state index contributed by atoms with van der Waals surface area (Å²) in [5.41, 5.74) is 1.04. The van der Waals surface area contributed by atoms with Crippen molar-refractivity contribution >= 4 is 17.7 Å². The quantitative estimate of drug-likeness (QED) is 0.860. The van der Waals surface area contributed by atoms with Gasteiger partial charge in [0.2, 0.25) is 0 Å². The number of carboxylic acid groups (broad SMARTS) is 1. The van der Waals surface area contributed by atoms with E-state index < -0.39 is 5.97 Å². The molecule has 1 aromatic rings. The molecule has 0 radical (unpaired) electrons. The number of rotatable bonds is 2. The van der Waals surface area contributed by atoms with Gasteiger partial charge in [0.25, 0.3) is 0 Å².